The monoisotopic (exact) mass is 982 g/mol. The summed E-state index contributed by atoms with van der Waals surface area (Å²) < 4.78 is 7.76. The third-order valence-electron chi connectivity index (χ3n) is 17.0. The number of furan rings is 1. The van der Waals surface area contributed by atoms with Gasteiger partial charge in [0.15, 0.2) is 0 Å². The van der Waals surface area contributed by atoms with Crippen molar-refractivity contribution in [2.24, 2.45) is 0 Å². The summed E-state index contributed by atoms with van der Waals surface area (Å²) in [4.78, 5) is 7.52. The van der Waals surface area contributed by atoms with E-state index < -0.39 is 0 Å². The van der Waals surface area contributed by atoms with Crippen molar-refractivity contribution in [1.29, 1.82) is 0 Å². The number of rotatable bonds is 6. The molecule has 0 radical (unpaired) electrons. The zero-order valence-corrected chi connectivity index (χ0v) is 46.5. The van der Waals surface area contributed by atoms with Gasteiger partial charge in [-0.15, -0.1) is 0 Å². The Morgan fingerprint density at radius 2 is 0.947 bits per heavy atom. The minimum atomic E-state index is -0.160. The maximum Gasteiger partial charge on any atom is 0.257 e. The highest BCUT2D eigenvalue weighted by Gasteiger charge is 2.49. The third-order valence-corrected chi connectivity index (χ3v) is 17.0. The molecule has 0 bridgehead atoms. The van der Waals surface area contributed by atoms with Crippen molar-refractivity contribution >= 4 is 85.5 Å². The minimum Gasteiger partial charge on any atom is -0.440 e. The first-order valence-electron chi connectivity index (χ1n) is 27.3. The summed E-state index contributed by atoms with van der Waals surface area (Å²) >= 11 is 0. The van der Waals surface area contributed by atoms with Crippen LogP contribution in [0.2, 0.25) is 0 Å². The van der Waals surface area contributed by atoms with E-state index in [9.17, 15) is 0 Å². The van der Waals surface area contributed by atoms with Crippen LogP contribution in [0.15, 0.2) is 180 Å². The zero-order chi connectivity index (χ0) is 52.6. The molecule has 0 fully saturated rings. The largest absolute Gasteiger partial charge is 0.440 e. The summed E-state index contributed by atoms with van der Waals surface area (Å²) in [6.07, 6.45) is 2.26. The molecule has 0 unspecified atom stereocenters. The summed E-state index contributed by atoms with van der Waals surface area (Å²) in [6.45, 7) is 30.5. The van der Waals surface area contributed by atoms with Crippen LogP contribution in [0.4, 0.5) is 51.4 Å². The molecular formula is C70H72BN3O. The molecule has 0 amide bonds. The second kappa shape index (κ2) is 17.1. The molecule has 75 heavy (non-hydrogen) atoms. The lowest BCUT2D eigenvalue weighted by Crippen LogP contribution is -2.61. The van der Waals surface area contributed by atoms with Crippen molar-refractivity contribution in [3.63, 3.8) is 0 Å². The SMILES string of the molecule is CC(C)(C)c1ccc(N2c3ccc(C(C)(C)C)cc3B3c4c2cc(N(c2ccccc2)c2ccccc2)cc4N(c2ccc(C(C)(C)C)cc2-c2ccccc2)c2oc4cc5c(cc4c23)C(C)(C)CCC5(C)C)cc1. The van der Waals surface area contributed by atoms with Crippen molar-refractivity contribution in [3.05, 3.63) is 204 Å². The van der Waals surface area contributed by atoms with Crippen LogP contribution in [0, 0.1) is 0 Å². The molecule has 5 heteroatoms. The molecule has 3 aliphatic rings. The lowest BCUT2D eigenvalue weighted by Gasteiger charge is -2.44. The summed E-state index contributed by atoms with van der Waals surface area (Å²) in [5.74, 6) is 0.880. The average Bonchev–Trinajstić information content (AvgIpc) is 3.75. The Morgan fingerprint density at radius 1 is 0.453 bits per heavy atom. The summed E-state index contributed by atoms with van der Waals surface area (Å²) in [6, 6.07) is 66.5. The van der Waals surface area contributed by atoms with Gasteiger partial charge in [-0.3, -0.25) is 4.90 Å². The van der Waals surface area contributed by atoms with Gasteiger partial charge < -0.3 is 14.2 Å². The van der Waals surface area contributed by atoms with E-state index in [1.54, 1.807) is 0 Å². The molecule has 0 saturated heterocycles. The van der Waals surface area contributed by atoms with Gasteiger partial charge in [-0.25, -0.2) is 0 Å². The van der Waals surface area contributed by atoms with Gasteiger partial charge in [0.05, 0.1) is 11.4 Å². The van der Waals surface area contributed by atoms with Crippen LogP contribution < -0.4 is 31.1 Å². The van der Waals surface area contributed by atoms with Gasteiger partial charge in [-0.2, -0.15) is 0 Å². The van der Waals surface area contributed by atoms with Gasteiger partial charge in [0.1, 0.15) is 5.58 Å². The number of hydrogen-bond donors (Lipinski definition) is 0. The summed E-state index contributed by atoms with van der Waals surface area (Å²) in [5.41, 5.74) is 22.5. The molecule has 2 aliphatic heterocycles. The van der Waals surface area contributed by atoms with E-state index in [2.05, 4.69) is 281 Å². The maximum absolute atomic E-state index is 7.76. The molecule has 0 saturated carbocycles. The Balaban J connectivity index is 1.27. The van der Waals surface area contributed by atoms with Gasteiger partial charge in [-0.1, -0.05) is 187 Å². The van der Waals surface area contributed by atoms with Crippen molar-refractivity contribution < 1.29 is 4.42 Å². The molecular weight excluding hydrogens is 910 g/mol. The smallest absolute Gasteiger partial charge is 0.257 e. The quantitative estimate of drug-likeness (QED) is 0.155. The minimum absolute atomic E-state index is 0.000744. The molecule has 8 aromatic carbocycles. The van der Waals surface area contributed by atoms with E-state index in [1.165, 1.54) is 60.8 Å². The fourth-order valence-corrected chi connectivity index (χ4v) is 12.4. The highest BCUT2D eigenvalue weighted by molar-refractivity contribution is 7.01. The number of nitrogens with zero attached hydrogens (tertiary/aromatic N) is 3. The highest BCUT2D eigenvalue weighted by atomic mass is 16.4. The number of para-hydroxylation sites is 2. The topological polar surface area (TPSA) is 22.9 Å². The Kier molecular flexibility index (Phi) is 11.1. The van der Waals surface area contributed by atoms with Crippen LogP contribution >= 0.6 is 0 Å². The molecule has 1 aromatic heterocycles. The van der Waals surface area contributed by atoms with E-state index in [0.717, 1.165) is 69.7 Å². The fraction of sp³-hybridized carbons (Fsp3) is 0.286. The van der Waals surface area contributed by atoms with E-state index in [-0.39, 0.29) is 33.8 Å². The maximum atomic E-state index is 7.76. The standard InChI is InChI=1S/C70H72BN3O/c1-66(2,3)46-29-33-51(34-30-46)73-59-36-32-48(68(7,8)9)40-57(59)71-63-54-43-55-56(70(12,13)38-37-69(55,10)11)44-62(54)75-65(63)74(58-35-31-47(67(4,5)6)39-53(58)45-23-17-14-18-24-45)61-42-52(41-60(73)64(61)71)72(49-25-19-15-20-26-49)50-27-21-16-22-28-50/h14-36,39-44H,37-38H2,1-13H3. The molecule has 4 nitrogen and oxygen atoms in total. The molecule has 3 heterocycles. The number of fused-ring (bicyclic) bond motifs is 7. The van der Waals surface area contributed by atoms with E-state index >= 15 is 0 Å². The first-order chi connectivity index (χ1) is 35.6. The molecule has 0 N–H and O–H groups in total. The number of anilines is 9. The zero-order valence-electron chi connectivity index (χ0n) is 46.5. The lowest BCUT2D eigenvalue weighted by molar-refractivity contribution is 0.332. The molecule has 0 atom stereocenters. The molecule has 1 aliphatic carbocycles. The summed E-state index contributed by atoms with van der Waals surface area (Å²) in [5, 5.41) is 1.20. The van der Waals surface area contributed by atoms with Crippen LogP contribution in [0.1, 0.15) is 131 Å². The van der Waals surface area contributed by atoms with Crippen LogP contribution in [-0.2, 0) is 27.1 Å². The first kappa shape index (κ1) is 48.7. The van der Waals surface area contributed by atoms with E-state index in [4.69, 9.17) is 4.42 Å². The predicted molar refractivity (Wildman–Crippen MR) is 322 cm³/mol. The van der Waals surface area contributed by atoms with Crippen LogP contribution in [0.25, 0.3) is 22.1 Å². The van der Waals surface area contributed by atoms with E-state index in [1.807, 2.05) is 0 Å². The predicted octanol–water partition coefficient (Wildman–Crippen LogP) is 17.9. The van der Waals surface area contributed by atoms with Crippen molar-refractivity contribution in [1.82, 2.24) is 0 Å². The Labute approximate surface area is 447 Å². The second-order valence-electron chi connectivity index (χ2n) is 26.2. The van der Waals surface area contributed by atoms with Crippen molar-refractivity contribution in [2.75, 3.05) is 14.7 Å². The first-order valence-corrected chi connectivity index (χ1v) is 27.3. The molecule has 9 aromatic rings. The fourth-order valence-electron chi connectivity index (χ4n) is 12.4. The Morgan fingerprint density at radius 3 is 1.51 bits per heavy atom. The van der Waals surface area contributed by atoms with Crippen LogP contribution in [-0.4, -0.2) is 6.71 Å². The highest BCUT2D eigenvalue weighted by Crippen LogP contribution is 2.53. The molecule has 0 spiro atoms. The van der Waals surface area contributed by atoms with Crippen molar-refractivity contribution in [2.45, 2.75) is 130 Å². The van der Waals surface area contributed by atoms with Gasteiger partial charge in [-0.05, 0) is 163 Å². The Hall–Kier alpha value is -7.24. The Bertz CT molecular complexity index is 3620. The summed E-state index contributed by atoms with van der Waals surface area (Å²) in [7, 11) is 0. The van der Waals surface area contributed by atoms with Crippen LogP contribution in [0.5, 0.6) is 0 Å². The second-order valence-corrected chi connectivity index (χ2v) is 26.2. The lowest BCUT2D eigenvalue weighted by atomic mass is 9.33. The normalized spacial score (nSPS) is 15.6. The number of hydrogen-bond acceptors (Lipinski definition) is 4. The number of benzene rings is 8. The van der Waals surface area contributed by atoms with Gasteiger partial charge in [0.25, 0.3) is 6.71 Å². The van der Waals surface area contributed by atoms with Crippen LogP contribution in [0.3, 0.4) is 0 Å². The molecule has 376 valence electrons. The van der Waals surface area contributed by atoms with Gasteiger partial charge >= 0.3 is 0 Å². The van der Waals surface area contributed by atoms with Crippen molar-refractivity contribution in [3.8, 4) is 11.1 Å². The molecule has 12 rings (SSSR count). The van der Waals surface area contributed by atoms with Gasteiger partial charge in [0, 0.05) is 50.5 Å². The van der Waals surface area contributed by atoms with Gasteiger partial charge in [0.2, 0.25) is 5.88 Å². The van der Waals surface area contributed by atoms with E-state index in [0.29, 0.717) is 0 Å². The third kappa shape index (κ3) is 8.12. The average molecular weight is 982 g/mol.